The summed E-state index contributed by atoms with van der Waals surface area (Å²) in [7, 11) is 5.41. The molecule has 2 aliphatic heterocycles. The van der Waals surface area contributed by atoms with Crippen LogP contribution >= 0.6 is 0 Å². The van der Waals surface area contributed by atoms with Gasteiger partial charge in [-0.25, -0.2) is 0 Å². The second-order valence-corrected chi connectivity index (χ2v) is 11.2. The van der Waals surface area contributed by atoms with E-state index in [1.165, 1.54) is 46.6 Å². The number of phenols is 1. The van der Waals surface area contributed by atoms with Crippen LogP contribution in [0.25, 0.3) is 22.1 Å². The molecule has 18 nitrogen and oxygen atoms in total. The van der Waals surface area contributed by atoms with Crippen LogP contribution in [0.3, 0.4) is 0 Å². The summed E-state index contributed by atoms with van der Waals surface area (Å²) in [6.07, 6.45) is -15.5. The number of hydrogen-bond donors (Lipinski definition) is 8. The Hall–Kier alpha value is -3.95. The summed E-state index contributed by atoms with van der Waals surface area (Å²) >= 11 is 0. The molecule has 3 heterocycles. The number of aromatic hydroxyl groups is 1. The highest BCUT2D eigenvalue weighted by molar-refractivity contribution is 5.92. The standard InChI is InChI=1S/C31H38O18/c1-41-13-6-15(43-3)14(42-2)5-11(13)12-9-45-16-7-17(29(44-4)24(36)20(16)21(12)33)47-31-28(40)26(38)23(35)19(49-31)10-46-30-27(39)25(37)22(34)18(8-32)48-30/h5-7,9,18-19,22-23,25-28,30-32,34-40H,8,10H2,1-4H3/t18-,19-,22-,23-,25+,26+,27-,28-,30-,31-/m1/s1. The molecular formula is C31H38O18. The third-order valence-corrected chi connectivity index (χ3v) is 8.34. The van der Waals surface area contributed by atoms with Gasteiger partial charge in [0.1, 0.15) is 71.8 Å². The normalized spacial score (nSPS) is 30.2. The molecule has 2 aliphatic rings. The maximum atomic E-state index is 13.8. The summed E-state index contributed by atoms with van der Waals surface area (Å²) in [5.41, 5.74) is -0.610. The molecule has 3 aromatic rings. The molecule has 2 saturated heterocycles. The van der Waals surface area contributed by atoms with Gasteiger partial charge < -0.3 is 83.2 Å². The molecule has 49 heavy (non-hydrogen) atoms. The lowest BCUT2D eigenvalue weighted by Crippen LogP contribution is -2.62. The quantitative estimate of drug-likeness (QED) is 0.110. The van der Waals surface area contributed by atoms with Crippen molar-refractivity contribution in [3.63, 3.8) is 0 Å². The van der Waals surface area contributed by atoms with Crippen molar-refractivity contribution in [1.29, 1.82) is 0 Å². The molecule has 2 aromatic carbocycles. The highest BCUT2D eigenvalue weighted by Crippen LogP contribution is 2.45. The van der Waals surface area contributed by atoms with Crippen molar-refractivity contribution in [2.24, 2.45) is 0 Å². The van der Waals surface area contributed by atoms with Crippen molar-refractivity contribution in [2.45, 2.75) is 61.4 Å². The molecule has 270 valence electrons. The fourth-order valence-electron chi connectivity index (χ4n) is 5.61. The minimum absolute atomic E-state index is 0.0123. The van der Waals surface area contributed by atoms with Gasteiger partial charge in [0.2, 0.25) is 17.5 Å². The molecule has 8 N–H and O–H groups in total. The van der Waals surface area contributed by atoms with Crippen LogP contribution in [0, 0.1) is 0 Å². The minimum Gasteiger partial charge on any atom is -0.504 e. The topological polar surface area (TPSA) is 266 Å². The first-order valence-corrected chi connectivity index (χ1v) is 14.8. The van der Waals surface area contributed by atoms with Crippen LogP contribution in [0.1, 0.15) is 0 Å². The van der Waals surface area contributed by atoms with E-state index in [-0.39, 0.29) is 39.3 Å². The third-order valence-electron chi connectivity index (χ3n) is 8.34. The first-order valence-electron chi connectivity index (χ1n) is 14.8. The van der Waals surface area contributed by atoms with Crippen LogP contribution in [-0.2, 0) is 14.2 Å². The van der Waals surface area contributed by atoms with E-state index in [2.05, 4.69) is 0 Å². The molecule has 0 aliphatic carbocycles. The van der Waals surface area contributed by atoms with Gasteiger partial charge in [-0.05, 0) is 6.07 Å². The fraction of sp³-hybridized carbons (Fsp3) is 0.516. The zero-order chi connectivity index (χ0) is 35.7. The van der Waals surface area contributed by atoms with E-state index in [0.717, 1.165) is 6.26 Å². The van der Waals surface area contributed by atoms with Gasteiger partial charge >= 0.3 is 0 Å². The lowest BCUT2D eigenvalue weighted by atomic mass is 9.98. The van der Waals surface area contributed by atoms with Crippen LogP contribution in [0.15, 0.2) is 33.7 Å². The summed E-state index contributed by atoms with van der Waals surface area (Å²) in [6.45, 7) is -1.31. The second-order valence-electron chi connectivity index (χ2n) is 11.2. The Kier molecular flexibility index (Phi) is 11.0. The van der Waals surface area contributed by atoms with Gasteiger partial charge in [-0.2, -0.15) is 0 Å². The monoisotopic (exact) mass is 698 g/mol. The number of phenolic OH excluding ortho intramolecular Hbond substituents is 1. The number of fused-ring (bicyclic) bond motifs is 1. The number of rotatable bonds is 11. The first kappa shape index (κ1) is 36.3. The molecule has 0 radical (unpaired) electrons. The van der Waals surface area contributed by atoms with Crippen molar-refractivity contribution in [1.82, 2.24) is 0 Å². The van der Waals surface area contributed by atoms with Crippen LogP contribution in [0.4, 0.5) is 0 Å². The van der Waals surface area contributed by atoms with E-state index in [1.54, 1.807) is 0 Å². The van der Waals surface area contributed by atoms with Gasteiger partial charge in [0.05, 0.1) is 47.2 Å². The van der Waals surface area contributed by atoms with Gasteiger partial charge in [0, 0.05) is 17.7 Å². The Labute approximate surface area is 277 Å². The number of benzene rings is 2. The first-order chi connectivity index (χ1) is 23.4. The molecule has 10 atom stereocenters. The summed E-state index contributed by atoms with van der Waals surface area (Å²) in [5.74, 6) is -0.496. The Morgan fingerprint density at radius 2 is 1.27 bits per heavy atom. The maximum absolute atomic E-state index is 13.8. The van der Waals surface area contributed by atoms with E-state index in [4.69, 9.17) is 42.3 Å². The summed E-state index contributed by atoms with van der Waals surface area (Å²) in [6, 6.07) is 4.19. The van der Waals surface area contributed by atoms with Crippen LogP contribution < -0.4 is 29.1 Å². The molecule has 2 fully saturated rings. The lowest BCUT2D eigenvalue weighted by Gasteiger charge is -2.42. The molecular weight excluding hydrogens is 660 g/mol. The van der Waals surface area contributed by atoms with Crippen LogP contribution in [0.2, 0.25) is 0 Å². The third kappa shape index (κ3) is 6.67. The predicted octanol–water partition coefficient (Wildman–Crippen LogP) is -1.80. The molecule has 0 amide bonds. The van der Waals surface area contributed by atoms with E-state index < -0.39 is 85.8 Å². The highest BCUT2D eigenvalue weighted by atomic mass is 16.7. The molecule has 0 saturated carbocycles. The van der Waals surface area contributed by atoms with Crippen LogP contribution in [-0.4, -0.2) is 144 Å². The smallest absolute Gasteiger partial charge is 0.229 e. The number of aliphatic hydroxyl groups is 7. The Balaban J connectivity index is 1.43. The Bertz CT molecular complexity index is 1670. The number of aliphatic hydroxyl groups excluding tert-OH is 7. The van der Waals surface area contributed by atoms with Gasteiger partial charge in [0.15, 0.2) is 29.3 Å². The minimum atomic E-state index is -1.87. The molecule has 0 spiro atoms. The van der Waals surface area contributed by atoms with Crippen molar-refractivity contribution in [2.75, 3.05) is 41.7 Å². The molecule has 18 heteroatoms. The predicted molar refractivity (Wildman–Crippen MR) is 163 cm³/mol. The van der Waals surface area contributed by atoms with E-state index in [0.29, 0.717) is 11.5 Å². The van der Waals surface area contributed by atoms with Gasteiger partial charge in [-0.3, -0.25) is 4.79 Å². The zero-order valence-electron chi connectivity index (χ0n) is 26.7. The average molecular weight is 699 g/mol. The summed E-state index contributed by atoms with van der Waals surface area (Å²) in [5, 5.41) is 82.4. The van der Waals surface area contributed by atoms with E-state index in [9.17, 15) is 45.6 Å². The molecule has 1 aromatic heterocycles. The fourth-order valence-corrected chi connectivity index (χ4v) is 5.61. The van der Waals surface area contributed by atoms with Gasteiger partial charge in [-0.15, -0.1) is 0 Å². The molecule has 0 bridgehead atoms. The van der Waals surface area contributed by atoms with E-state index >= 15 is 0 Å². The van der Waals surface area contributed by atoms with Crippen molar-refractivity contribution in [3.05, 3.63) is 34.7 Å². The zero-order valence-corrected chi connectivity index (χ0v) is 26.7. The molecule has 0 unspecified atom stereocenters. The van der Waals surface area contributed by atoms with E-state index in [1.807, 2.05) is 0 Å². The number of methoxy groups -OCH3 is 4. The Morgan fingerprint density at radius 1 is 0.673 bits per heavy atom. The van der Waals surface area contributed by atoms with Crippen molar-refractivity contribution >= 4 is 11.0 Å². The second kappa shape index (κ2) is 14.9. The number of hydrogen-bond acceptors (Lipinski definition) is 18. The lowest BCUT2D eigenvalue weighted by molar-refractivity contribution is -0.323. The summed E-state index contributed by atoms with van der Waals surface area (Å²) in [4.78, 5) is 13.8. The highest BCUT2D eigenvalue weighted by Gasteiger charge is 2.48. The van der Waals surface area contributed by atoms with Gasteiger partial charge in [-0.1, -0.05) is 0 Å². The largest absolute Gasteiger partial charge is 0.504 e. The maximum Gasteiger partial charge on any atom is 0.229 e. The molecule has 5 rings (SSSR count). The SMILES string of the molecule is COc1cc(OC)c(-c2coc3cc(O[C@@H]4O[C@H](CO[C@@H]5O[C@H](CO)[C@@H](O)[C@H](O)[C@H]5O)[C@@H](O)[C@H](O)[C@H]4O)c(OC)c(O)c3c2=O)cc1OC. The van der Waals surface area contributed by atoms with Crippen LogP contribution in [0.5, 0.6) is 34.5 Å². The van der Waals surface area contributed by atoms with Crippen molar-refractivity contribution in [3.8, 4) is 45.6 Å². The van der Waals surface area contributed by atoms with Gasteiger partial charge in [0.25, 0.3) is 0 Å². The van der Waals surface area contributed by atoms with Crippen molar-refractivity contribution < 1.29 is 83.2 Å². The summed E-state index contributed by atoms with van der Waals surface area (Å²) < 4.78 is 49.3. The average Bonchev–Trinajstić information content (AvgIpc) is 3.10. The Morgan fingerprint density at radius 3 is 1.88 bits per heavy atom. The number of ether oxygens (including phenoxy) is 8.